The highest BCUT2D eigenvalue weighted by Crippen LogP contribution is 2.38. The number of aromatic nitrogens is 6. The zero-order chi connectivity index (χ0) is 24.1. The molecule has 1 saturated carbocycles. The molecule has 180 valence electrons. The molecule has 6 rings (SSSR count). The highest BCUT2D eigenvalue weighted by molar-refractivity contribution is 6.32. The number of hydrogen-bond donors (Lipinski definition) is 2. The van der Waals surface area contributed by atoms with Gasteiger partial charge < -0.3 is 20.3 Å². The lowest BCUT2D eigenvalue weighted by Gasteiger charge is -2.29. The molecule has 1 amide bonds. The molecule has 0 spiro atoms. The van der Waals surface area contributed by atoms with E-state index in [2.05, 4.69) is 37.6 Å². The first-order valence-corrected chi connectivity index (χ1v) is 11.9. The molecular formula is C23H24ClN9O2. The van der Waals surface area contributed by atoms with Gasteiger partial charge in [-0.25, -0.2) is 9.97 Å². The van der Waals surface area contributed by atoms with Crippen LogP contribution in [0.15, 0.2) is 24.4 Å². The minimum atomic E-state index is -0.0381. The second kappa shape index (κ2) is 8.58. The Morgan fingerprint density at radius 2 is 2.03 bits per heavy atom. The minimum Gasteiger partial charge on any atom is -0.378 e. The second-order valence-electron chi connectivity index (χ2n) is 8.89. The summed E-state index contributed by atoms with van der Waals surface area (Å²) in [6, 6.07) is 5.64. The number of nitrogens with one attached hydrogen (secondary N) is 2. The average Bonchev–Trinajstić information content (AvgIpc) is 3.45. The number of carbonyl (C=O) groups is 1. The monoisotopic (exact) mass is 493 g/mol. The summed E-state index contributed by atoms with van der Waals surface area (Å²) >= 11 is 6.75. The number of rotatable bonds is 5. The third kappa shape index (κ3) is 3.90. The molecule has 0 bridgehead atoms. The van der Waals surface area contributed by atoms with Gasteiger partial charge in [-0.15, -0.1) is 15.3 Å². The Balaban J connectivity index is 1.43. The first-order chi connectivity index (χ1) is 17.0. The normalized spacial score (nSPS) is 19.8. The van der Waals surface area contributed by atoms with E-state index in [0.717, 1.165) is 30.6 Å². The molecule has 1 aliphatic carbocycles. The molecule has 4 aromatic heterocycles. The number of hydrogen-bond acceptors (Lipinski definition) is 9. The predicted molar refractivity (Wildman–Crippen MR) is 133 cm³/mol. The van der Waals surface area contributed by atoms with E-state index < -0.39 is 0 Å². The van der Waals surface area contributed by atoms with E-state index >= 15 is 0 Å². The van der Waals surface area contributed by atoms with E-state index in [1.165, 1.54) is 0 Å². The van der Waals surface area contributed by atoms with Gasteiger partial charge in [-0.05, 0) is 30.5 Å². The van der Waals surface area contributed by atoms with Gasteiger partial charge in [0.05, 0.1) is 18.9 Å². The fraction of sp³-hybridized carbons (Fsp3) is 0.391. The van der Waals surface area contributed by atoms with Crippen molar-refractivity contribution in [3.8, 4) is 11.4 Å². The quantitative estimate of drug-likeness (QED) is 0.404. The summed E-state index contributed by atoms with van der Waals surface area (Å²) in [5.41, 5.74) is 2.72. The molecular weight excluding hydrogens is 470 g/mol. The average molecular weight is 494 g/mol. The van der Waals surface area contributed by atoms with Crippen LogP contribution in [0, 0.1) is 11.8 Å². The van der Waals surface area contributed by atoms with Crippen LogP contribution in [0.5, 0.6) is 0 Å². The lowest BCUT2D eigenvalue weighted by Crippen LogP contribution is -2.36. The fourth-order valence-corrected chi connectivity index (χ4v) is 4.73. The van der Waals surface area contributed by atoms with Crippen molar-refractivity contribution in [3.63, 3.8) is 0 Å². The van der Waals surface area contributed by atoms with Crippen molar-refractivity contribution in [2.75, 3.05) is 48.9 Å². The van der Waals surface area contributed by atoms with Crippen LogP contribution in [-0.4, -0.2) is 69.0 Å². The fourth-order valence-electron chi connectivity index (χ4n) is 4.42. The van der Waals surface area contributed by atoms with Crippen LogP contribution >= 0.6 is 11.6 Å². The Morgan fingerprint density at radius 1 is 1.23 bits per heavy atom. The van der Waals surface area contributed by atoms with Crippen molar-refractivity contribution in [3.05, 3.63) is 29.5 Å². The van der Waals surface area contributed by atoms with Gasteiger partial charge in [0, 0.05) is 43.2 Å². The third-order valence-electron chi connectivity index (χ3n) is 6.58. The van der Waals surface area contributed by atoms with Gasteiger partial charge in [0.25, 0.3) is 0 Å². The topological polar surface area (TPSA) is 122 Å². The van der Waals surface area contributed by atoms with Gasteiger partial charge in [0.1, 0.15) is 5.52 Å². The molecule has 1 aliphatic heterocycles. The van der Waals surface area contributed by atoms with Crippen LogP contribution in [0.1, 0.15) is 13.3 Å². The van der Waals surface area contributed by atoms with E-state index in [1.54, 1.807) is 23.8 Å². The van der Waals surface area contributed by atoms with Crippen molar-refractivity contribution in [1.29, 1.82) is 0 Å². The van der Waals surface area contributed by atoms with Crippen molar-refractivity contribution in [2.24, 2.45) is 11.8 Å². The molecule has 0 radical (unpaired) electrons. The van der Waals surface area contributed by atoms with E-state index in [1.807, 2.05) is 12.1 Å². The van der Waals surface area contributed by atoms with E-state index in [9.17, 15) is 4.79 Å². The Hall–Kier alpha value is -3.57. The molecule has 2 fully saturated rings. The van der Waals surface area contributed by atoms with Gasteiger partial charge in [-0.2, -0.15) is 4.52 Å². The van der Waals surface area contributed by atoms with Crippen molar-refractivity contribution in [1.82, 2.24) is 29.8 Å². The summed E-state index contributed by atoms with van der Waals surface area (Å²) in [5, 5.41) is 20.4. The van der Waals surface area contributed by atoms with E-state index in [-0.39, 0.29) is 11.8 Å². The molecule has 0 unspecified atom stereocenters. The maximum Gasteiger partial charge on any atom is 0.228 e. The summed E-state index contributed by atoms with van der Waals surface area (Å²) in [6.45, 7) is 4.90. The summed E-state index contributed by atoms with van der Waals surface area (Å²) in [4.78, 5) is 23.8. The standard InChI is InChI=1S/C23H24ClN9O2/c1-12-9-13(12)23(34)27-17-10-14-15(11-26-22(25-2)19(14)30-29-17)21-28-18-4-3-16(20(24)33(18)31-21)32-5-7-35-8-6-32/h3-4,10-13H,5-9H2,1-2H3,(H,25,26)(H,27,29,34)/t12-,13+/m1/s1. The Labute approximate surface area is 205 Å². The van der Waals surface area contributed by atoms with Crippen molar-refractivity contribution < 1.29 is 9.53 Å². The maximum absolute atomic E-state index is 12.5. The molecule has 2 atom stereocenters. The Morgan fingerprint density at radius 3 is 2.77 bits per heavy atom. The van der Waals surface area contributed by atoms with Gasteiger partial charge in [0.15, 0.2) is 28.3 Å². The molecule has 12 heteroatoms. The smallest absolute Gasteiger partial charge is 0.228 e. The molecule has 5 heterocycles. The minimum absolute atomic E-state index is 0.0280. The number of ether oxygens (including phenoxy) is 1. The lowest BCUT2D eigenvalue weighted by molar-refractivity contribution is -0.117. The number of halogens is 1. The predicted octanol–water partition coefficient (Wildman–Crippen LogP) is 2.86. The molecule has 0 aromatic carbocycles. The zero-order valence-electron chi connectivity index (χ0n) is 19.3. The summed E-state index contributed by atoms with van der Waals surface area (Å²) < 4.78 is 7.09. The van der Waals surface area contributed by atoms with Gasteiger partial charge in [0.2, 0.25) is 5.91 Å². The second-order valence-corrected chi connectivity index (χ2v) is 9.24. The molecule has 2 aliphatic rings. The Kier molecular flexibility index (Phi) is 5.37. The van der Waals surface area contributed by atoms with Crippen LogP contribution in [0.2, 0.25) is 5.15 Å². The number of carbonyl (C=O) groups excluding carboxylic acids is 1. The number of anilines is 3. The van der Waals surface area contributed by atoms with Crippen LogP contribution in [-0.2, 0) is 9.53 Å². The van der Waals surface area contributed by atoms with Gasteiger partial charge >= 0.3 is 0 Å². The largest absolute Gasteiger partial charge is 0.378 e. The third-order valence-corrected chi connectivity index (χ3v) is 6.93. The molecule has 35 heavy (non-hydrogen) atoms. The van der Waals surface area contributed by atoms with Crippen LogP contribution < -0.4 is 15.5 Å². The van der Waals surface area contributed by atoms with E-state index in [0.29, 0.717) is 58.5 Å². The number of morpholine rings is 1. The number of nitrogens with zero attached hydrogens (tertiary/aromatic N) is 7. The first kappa shape index (κ1) is 21.9. The first-order valence-electron chi connectivity index (χ1n) is 11.6. The van der Waals surface area contributed by atoms with Gasteiger partial charge in [-0.3, -0.25) is 4.79 Å². The van der Waals surface area contributed by atoms with Gasteiger partial charge in [-0.1, -0.05) is 18.5 Å². The summed E-state index contributed by atoms with van der Waals surface area (Å²) in [6.07, 6.45) is 2.58. The lowest BCUT2D eigenvalue weighted by atomic mass is 10.1. The summed E-state index contributed by atoms with van der Waals surface area (Å²) in [7, 11) is 1.77. The SMILES string of the molecule is CNc1ncc(-c2nc3ccc(N4CCOCC4)c(Cl)n3n2)c2cc(NC(=O)[C@H]3C[C@H]3C)nnc12. The summed E-state index contributed by atoms with van der Waals surface area (Å²) in [5.74, 6) is 1.79. The maximum atomic E-state index is 12.5. The van der Waals surface area contributed by atoms with Crippen molar-refractivity contribution >= 4 is 51.4 Å². The zero-order valence-corrected chi connectivity index (χ0v) is 20.1. The number of fused-ring (bicyclic) bond motifs is 2. The van der Waals surface area contributed by atoms with Crippen LogP contribution in [0.3, 0.4) is 0 Å². The molecule has 1 saturated heterocycles. The Bertz CT molecular complexity index is 1450. The van der Waals surface area contributed by atoms with Crippen LogP contribution in [0.4, 0.5) is 17.3 Å². The highest BCUT2D eigenvalue weighted by atomic mass is 35.5. The highest BCUT2D eigenvalue weighted by Gasteiger charge is 2.39. The van der Waals surface area contributed by atoms with E-state index in [4.69, 9.17) is 26.4 Å². The van der Waals surface area contributed by atoms with Crippen molar-refractivity contribution in [2.45, 2.75) is 13.3 Å². The molecule has 4 aromatic rings. The van der Waals surface area contributed by atoms with Crippen LogP contribution in [0.25, 0.3) is 27.9 Å². The number of amides is 1. The molecule has 2 N–H and O–H groups in total. The number of pyridine rings is 2. The molecule has 11 nitrogen and oxygen atoms in total.